The van der Waals surface area contributed by atoms with Gasteiger partial charge < -0.3 is 16.0 Å². The van der Waals surface area contributed by atoms with Gasteiger partial charge in [0.1, 0.15) is 0 Å². The number of nitrogens with two attached hydrogens (primary N) is 1. The van der Waals surface area contributed by atoms with Crippen LogP contribution < -0.4 is 11.1 Å². The first-order chi connectivity index (χ1) is 9.12. The van der Waals surface area contributed by atoms with Crippen LogP contribution in [0.3, 0.4) is 0 Å². The number of nitrogen functional groups attached to an aromatic ring is 1. The fraction of sp³-hybridized carbons (Fsp3) is 0.429. The van der Waals surface area contributed by atoms with Crippen LogP contribution in [0.5, 0.6) is 0 Å². The van der Waals surface area contributed by atoms with Gasteiger partial charge in [0.05, 0.1) is 12.0 Å². The van der Waals surface area contributed by atoms with E-state index in [1.54, 1.807) is 4.90 Å². The van der Waals surface area contributed by atoms with Crippen LogP contribution in [-0.2, 0) is 15.0 Å². The molecule has 1 aromatic carbocycles. The number of nitrogens with one attached hydrogen (secondary N) is 1. The summed E-state index contributed by atoms with van der Waals surface area (Å²) in [6.07, 6.45) is 1.71. The number of benzene rings is 1. The lowest BCUT2D eigenvalue weighted by atomic mass is 9.94. The van der Waals surface area contributed by atoms with Gasteiger partial charge in [-0.15, -0.1) is 0 Å². The van der Waals surface area contributed by atoms with Crippen molar-refractivity contribution in [3.63, 3.8) is 0 Å². The predicted octanol–water partition coefficient (Wildman–Crippen LogP) is 0.259. The zero-order valence-corrected chi connectivity index (χ0v) is 10.7. The van der Waals surface area contributed by atoms with Crippen molar-refractivity contribution in [2.75, 3.05) is 25.4 Å². The summed E-state index contributed by atoms with van der Waals surface area (Å²) < 4.78 is 0. The zero-order valence-electron chi connectivity index (χ0n) is 10.7. The van der Waals surface area contributed by atoms with Crippen molar-refractivity contribution < 1.29 is 9.59 Å². The normalized spacial score (nSPS) is 20.8. The van der Waals surface area contributed by atoms with E-state index < -0.39 is 5.41 Å². The smallest absolute Gasteiger partial charge is 0.239 e. The van der Waals surface area contributed by atoms with Crippen molar-refractivity contribution in [1.82, 2.24) is 10.2 Å². The van der Waals surface area contributed by atoms with Crippen molar-refractivity contribution in [2.24, 2.45) is 0 Å². The van der Waals surface area contributed by atoms with Gasteiger partial charge in [0.15, 0.2) is 0 Å². The topological polar surface area (TPSA) is 75.4 Å². The van der Waals surface area contributed by atoms with E-state index in [1.807, 2.05) is 24.3 Å². The van der Waals surface area contributed by atoms with Crippen LogP contribution in [0.4, 0.5) is 5.69 Å². The molecule has 2 fully saturated rings. The summed E-state index contributed by atoms with van der Waals surface area (Å²) in [6, 6.07) is 7.49. The Labute approximate surface area is 111 Å². The standard InChI is InChI=1S/C14H17N3O2/c15-11-3-1-10(2-4-11)14(5-6-14)13(19)17-8-7-16-12(18)9-17/h1-4H,5-9,15H2,(H,16,18). The van der Waals surface area contributed by atoms with E-state index in [-0.39, 0.29) is 18.4 Å². The first-order valence-corrected chi connectivity index (χ1v) is 6.54. The zero-order chi connectivity index (χ0) is 13.5. The summed E-state index contributed by atoms with van der Waals surface area (Å²) in [5.74, 6) is -0.000160. The average molecular weight is 259 g/mol. The van der Waals surface area contributed by atoms with Crippen molar-refractivity contribution in [3.05, 3.63) is 29.8 Å². The molecule has 0 atom stereocenters. The van der Waals surface area contributed by atoms with E-state index in [1.165, 1.54) is 0 Å². The molecule has 19 heavy (non-hydrogen) atoms. The number of carbonyl (C=O) groups is 2. The van der Waals surface area contributed by atoms with Crippen LogP contribution in [-0.4, -0.2) is 36.3 Å². The number of amides is 2. The molecule has 1 saturated heterocycles. The molecule has 1 saturated carbocycles. The van der Waals surface area contributed by atoms with Crippen LogP contribution in [0.25, 0.3) is 0 Å². The number of rotatable bonds is 2. The lowest BCUT2D eigenvalue weighted by molar-refractivity contribution is -0.140. The lowest BCUT2D eigenvalue weighted by Gasteiger charge is -2.30. The van der Waals surface area contributed by atoms with Gasteiger partial charge in [-0.3, -0.25) is 9.59 Å². The Kier molecular flexibility index (Phi) is 2.69. The third-order valence-corrected chi connectivity index (χ3v) is 3.95. The highest BCUT2D eigenvalue weighted by Crippen LogP contribution is 2.49. The SMILES string of the molecule is Nc1ccc(C2(C(=O)N3CCNC(=O)C3)CC2)cc1. The Morgan fingerprint density at radius 2 is 1.95 bits per heavy atom. The van der Waals surface area contributed by atoms with Gasteiger partial charge in [-0.05, 0) is 30.5 Å². The molecule has 5 heteroatoms. The molecule has 100 valence electrons. The van der Waals surface area contributed by atoms with Crippen LogP contribution in [0.1, 0.15) is 18.4 Å². The highest BCUT2D eigenvalue weighted by molar-refractivity contribution is 5.94. The molecule has 0 unspecified atom stereocenters. The lowest BCUT2D eigenvalue weighted by Crippen LogP contribution is -2.52. The molecule has 2 amide bonds. The van der Waals surface area contributed by atoms with Gasteiger partial charge in [-0.1, -0.05) is 12.1 Å². The Morgan fingerprint density at radius 1 is 1.26 bits per heavy atom. The van der Waals surface area contributed by atoms with E-state index in [0.717, 1.165) is 18.4 Å². The Balaban J connectivity index is 1.82. The fourth-order valence-corrected chi connectivity index (χ4v) is 2.67. The Hall–Kier alpha value is -2.04. The van der Waals surface area contributed by atoms with E-state index in [2.05, 4.69) is 5.32 Å². The molecular weight excluding hydrogens is 242 g/mol. The summed E-state index contributed by atoms with van der Waals surface area (Å²) >= 11 is 0. The van der Waals surface area contributed by atoms with Gasteiger partial charge in [-0.25, -0.2) is 0 Å². The van der Waals surface area contributed by atoms with E-state index >= 15 is 0 Å². The van der Waals surface area contributed by atoms with Crippen LogP contribution >= 0.6 is 0 Å². The molecule has 0 radical (unpaired) electrons. The number of anilines is 1. The number of nitrogens with zero attached hydrogens (tertiary/aromatic N) is 1. The van der Waals surface area contributed by atoms with Crippen LogP contribution in [0.15, 0.2) is 24.3 Å². The van der Waals surface area contributed by atoms with Crippen molar-refractivity contribution in [3.8, 4) is 0 Å². The Bertz CT molecular complexity index is 520. The van der Waals surface area contributed by atoms with Gasteiger partial charge >= 0.3 is 0 Å². The molecule has 0 aromatic heterocycles. The molecule has 0 spiro atoms. The highest BCUT2D eigenvalue weighted by atomic mass is 16.2. The minimum Gasteiger partial charge on any atom is -0.399 e. The second kappa shape index (κ2) is 4.26. The molecule has 1 aliphatic heterocycles. The Morgan fingerprint density at radius 3 is 2.53 bits per heavy atom. The third-order valence-electron chi connectivity index (χ3n) is 3.95. The van der Waals surface area contributed by atoms with E-state index in [9.17, 15) is 9.59 Å². The summed E-state index contributed by atoms with van der Waals surface area (Å²) in [4.78, 5) is 25.7. The minimum absolute atomic E-state index is 0.0760. The molecule has 0 bridgehead atoms. The maximum absolute atomic E-state index is 12.6. The minimum atomic E-state index is -0.411. The van der Waals surface area contributed by atoms with Crippen molar-refractivity contribution in [1.29, 1.82) is 0 Å². The predicted molar refractivity (Wildman–Crippen MR) is 71.4 cm³/mol. The molecule has 1 aliphatic carbocycles. The summed E-state index contributed by atoms with van der Waals surface area (Å²) in [7, 11) is 0. The number of piperazine rings is 1. The average Bonchev–Trinajstić information content (AvgIpc) is 3.20. The molecular formula is C14H17N3O2. The number of carbonyl (C=O) groups excluding carboxylic acids is 2. The fourth-order valence-electron chi connectivity index (χ4n) is 2.67. The van der Waals surface area contributed by atoms with Crippen molar-refractivity contribution in [2.45, 2.75) is 18.3 Å². The second-order valence-corrected chi connectivity index (χ2v) is 5.28. The molecule has 1 heterocycles. The van der Waals surface area contributed by atoms with Gasteiger partial charge in [0.25, 0.3) is 0 Å². The van der Waals surface area contributed by atoms with E-state index in [4.69, 9.17) is 5.73 Å². The largest absolute Gasteiger partial charge is 0.399 e. The second-order valence-electron chi connectivity index (χ2n) is 5.28. The van der Waals surface area contributed by atoms with Crippen LogP contribution in [0, 0.1) is 0 Å². The van der Waals surface area contributed by atoms with Crippen molar-refractivity contribution >= 4 is 17.5 Å². The van der Waals surface area contributed by atoms with Crippen LogP contribution in [0.2, 0.25) is 0 Å². The summed E-state index contributed by atoms with van der Waals surface area (Å²) in [5, 5.41) is 2.74. The maximum Gasteiger partial charge on any atom is 0.239 e. The molecule has 2 aliphatic rings. The first kappa shape index (κ1) is 12.0. The summed E-state index contributed by atoms with van der Waals surface area (Å²) in [5.41, 5.74) is 6.98. The molecule has 1 aromatic rings. The molecule has 3 rings (SSSR count). The third kappa shape index (κ3) is 2.05. The van der Waals surface area contributed by atoms with Gasteiger partial charge in [-0.2, -0.15) is 0 Å². The number of hydrogen-bond donors (Lipinski definition) is 2. The summed E-state index contributed by atoms with van der Waals surface area (Å²) in [6.45, 7) is 1.32. The molecule has 5 nitrogen and oxygen atoms in total. The van der Waals surface area contributed by atoms with Gasteiger partial charge in [0.2, 0.25) is 11.8 Å². The molecule has 3 N–H and O–H groups in total. The van der Waals surface area contributed by atoms with E-state index in [0.29, 0.717) is 18.8 Å². The monoisotopic (exact) mass is 259 g/mol. The number of hydrogen-bond acceptors (Lipinski definition) is 3. The maximum atomic E-state index is 12.6. The van der Waals surface area contributed by atoms with Gasteiger partial charge in [0, 0.05) is 18.8 Å². The quantitative estimate of drug-likeness (QED) is 0.748. The first-order valence-electron chi connectivity index (χ1n) is 6.54. The highest BCUT2D eigenvalue weighted by Gasteiger charge is 2.53.